The number of nitrogens with zero attached hydrogens (tertiary/aromatic N) is 2. The van der Waals surface area contributed by atoms with E-state index in [1.807, 2.05) is 0 Å². The third kappa shape index (κ3) is 5.78. The molecule has 0 bridgehead atoms. The van der Waals surface area contributed by atoms with E-state index in [0.29, 0.717) is 0 Å². The first-order valence-corrected chi connectivity index (χ1v) is 25.3. The Balaban J connectivity index is 0.918. The van der Waals surface area contributed by atoms with Gasteiger partial charge in [0.25, 0.3) is 0 Å². The second kappa shape index (κ2) is 14.0. The number of fused-ring (bicyclic) bond motifs is 6. The average Bonchev–Trinajstić information content (AvgIpc) is 3.64. The van der Waals surface area contributed by atoms with E-state index in [-0.39, 0.29) is 32.7 Å². The van der Waals surface area contributed by atoms with Gasteiger partial charge in [0.1, 0.15) is 0 Å². The summed E-state index contributed by atoms with van der Waals surface area (Å²) in [6.45, 7) is 24.1. The topological polar surface area (TPSA) is 6.48 Å². The molecule has 2 heteroatoms. The molecule has 0 amide bonds. The third-order valence-corrected chi connectivity index (χ3v) is 18.4. The van der Waals surface area contributed by atoms with Crippen LogP contribution in [0.4, 0.5) is 22.7 Å². The summed E-state index contributed by atoms with van der Waals surface area (Å²) in [7, 11) is 0. The molecule has 66 heavy (non-hydrogen) atoms. The Bertz CT molecular complexity index is 2950. The lowest BCUT2D eigenvalue weighted by atomic mass is 9.61. The van der Waals surface area contributed by atoms with Gasteiger partial charge < -0.3 is 9.80 Å². The van der Waals surface area contributed by atoms with Gasteiger partial charge in [-0.2, -0.15) is 0 Å². The van der Waals surface area contributed by atoms with Crippen LogP contribution >= 0.6 is 0 Å². The van der Waals surface area contributed by atoms with E-state index in [1.165, 1.54) is 151 Å². The summed E-state index contributed by atoms with van der Waals surface area (Å²) in [6, 6.07) is 53.1. The number of anilines is 4. The molecule has 334 valence electrons. The molecule has 2 nitrogen and oxygen atoms in total. The lowest BCUT2D eigenvalue weighted by Gasteiger charge is -2.50. The monoisotopic (exact) mass is 865 g/mol. The number of benzene rings is 8. The minimum atomic E-state index is 0.0230. The van der Waals surface area contributed by atoms with E-state index in [0.717, 1.165) is 0 Å². The molecule has 0 aromatic heterocycles. The molecule has 2 aliphatic heterocycles. The molecule has 0 saturated heterocycles. The Morgan fingerprint density at radius 3 is 1.03 bits per heavy atom. The van der Waals surface area contributed by atoms with Crippen molar-refractivity contribution in [3.63, 3.8) is 0 Å². The Hall–Kier alpha value is -5.60. The zero-order chi connectivity index (χ0) is 45.8. The van der Waals surface area contributed by atoms with Crippen molar-refractivity contribution in [1.82, 2.24) is 0 Å². The summed E-state index contributed by atoms with van der Waals surface area (Å²) in [6.07, 6.45) is 9.96. The molecular weight excluding hydrogens is 797 g/mol. The van der Waals surface area contributed by atoms with Gasteiger partial charge in [-0.15, -0.1) is 0 Å². The minimum Gasteiger partial charge on any atom is -0.334 e. The van der Waals surface area contributed by atoms with Crippen molar-refractivity contribution in [2.24, 2.45) is 0 Å². The fourth-order valence-electron chi connectivity index (χ4n) is 14.0. The van der Waals surface area contributed by atoms with Gasteiger partial charge in [-0.1, -0.05) is 142 Å². The number of hydrogen-bond donors (Lipinski definition) is 0. The highest BCUT2D eigenvalue weighted by atomic mass is 15.3. The molecule has 2 aliphatic carbocycles. The SMILES string of the molecule is CC(C)(C)c1ccc(N2c3ccc(-c4cc5ccc6cc(-c7ccc8c(c7)C7(C)CCCCC7(C)N8c7ccc(C(C)(C)C)cc7)cc7ccc(c4)c5c67)cc3C3(C)CCCCC23C)cc1. The van der Waals surface area contributed by atoms with Crippen molar-refractivity contribution in [2.75, 3.05) is 9.80 Å². The molecule has 0 spiro atoms. The minimum absolute atomic E-state index is 0.0230. The van der Waals surface area contributed by atoms with Crippen LogP contribution in [0, 0.1) is 0 Å². The lowest BCUT2D eigenvalue weighted by Crippen LogP contribution is -2.54. The first-order chi connectivity index (χ1) is 31.4. The molecule has 12 rings (SSSR count). The summed E-state index contributed by atoms with van der Waals surface area (Å²) in [5, 5.41) is 8.04. The van der Waals surface area contributed by atoms with Crippen molar-refractivity contribution < 1.29 is 0 Å². The van der Waals surface area contributed by atoms with Gasteiger partial charge >= 0.3 is 0 Å². The standard InChI is InChI=1S/C64H68N2/c1-59(2,3)49-21-25-51(26-22-49)65-55-29-19-41(39-53(55)61(7)31-11-13-33-63(61,65)9)47-35-43-15-17-45-37-48(38-46-18-16-44(36-47)57(43)58(45)46)42-20-30-56-54(40-42)62(8)32-12-14-34-64(62,10)66(56)52-27-23-50(24-28-52)60(4,5)6/h15-30,35-40H,11-14,31-34H2,1-10H3. The van der Waals surface area contributed by atoms with Gasteiger partial charge in [0.15, 0.2) is 0 Å². The highest BCUT2D eigenvalue weighted by Gasteiger charge is 2.59. The Labute approximate surface area is 394 Å². The molecule has 4 unspecified atom stereocenters. The maximum absolute atomic E-state index is 2.71. The molecule has 4 aliphatic rings. The van der Waals surface area contributed by atoms with Crippen LogP contribution in [-0.4, -0.2) is 11.1 Å². The quantitative estimate of drug-likeness (QED) is 0.163. The van der Waals surface area contributed by atoms with Crippen LogP contribution in [0.5, 0.6) is 0 Å². The molecule has 2 fully saturated rings. The predicted molar refractivity (Wildman–Crippen MR) is 284 cm³/mol. The molecule has 8 aromatic rings. The van der Waals surface area contributed by atoms with Crippen LogP contribution in [0.25, 0.3) is 54.6 Å². The maximum atomic E-state index is 2.71. The van der Waals surface area contributed by atoms with E-state index >= 15 is 0 Å². The fraction of sp³-hybridized carbons (Fsp3) is 0.375. The average molecular weight is 865 g/mol. The van der Waals surface area contributed by atoms with Gasteiger partial charge in [0.05, 0.1) is 11.1 Å². The zero-order valence-electron chi connectivity index (χ0n) is 41.3. The highest BCUT2D eigenvalue weighted by molar-refractivity contribution is 6.24. The van der Waals surface area contributed by atoms with Gasteiger partial charge in [-0.05, 0) is 200 Å². The Morgan fingerprint density at radius 2 is 0.697 bits per heavy atom. The van der Waals surface area contributed by atoms with Crippen LogP contribution < -0.4 is 9.80 Å². The fourth-order valence-corrected chi connectivity index (χ4v) is 14.0. The summed E-state index contributed by atoms with van der Waals surface area (Å²) < 4.78 is 0. The zero-order valence-corrected chi connectivity index (χ0v) is 41.3. The molecule has 2 heterocycles. The van der Waals surface area contributed by atoms with Crippen LogP contribution in [0.15, 0.2) is 133 Å². The van der Waals surface area contributed by atoms with Crippen LogP contribution in [0.2, 0.25) is 0 Å². The second-order valence-electron chi connectivity index (χ2n) is 24.1. The van der Waals surface area contributed by atoms with E-state index in [4.69, 9.17) is 0 Å². The smallest absolute Gasteiger partial charge is 0.0517 e. The van der Waals surface area contributed by atoms with Gasteiger partial charge in [0.2, 0.25) is 0 Å². The van der Waals surface area contributed by atoms with Crippen LogP contribution in [0.3, 0.4) is 0 Å². The van der Waals surface area contributed by atoms with Crippen LogP contribution in [0.1, 0.15) is 143 Å². The largest absolute Gasteiger partial charge is 0.334 e. The van der Waals surface area contributed by atoms with Gasteiger partial charge in [0, 0.05) is 33.6 Å². The molecule has 0 radical (unpaired) electrons. The van der Waals surface area contributed by atoms with Gasteiger partial charge in [-0.3, -0.25) is 0 Å². The second-order valence-corrected chi connectivity index (χ2v) is 24.1. The summed E-state index contributed by atoms with van der Waals surface area (Å²) >= 11 is 0. The van der Waals surface area contributed by atoms with E-state index in [9.17, 15) is 0 Å². The first-order valence-electron chi connectivity index (χ1n) is 25.3. The predicted octanol–water partition coefficient (Wildman–Crippen LogP) is 18.0. The summed E-state index contributed by atoms with van der Waals surface area (Å²) in [5.41, 5.74) is 16.9. The van der Waals surface area contributed by atoms with Gasteiger partial charge in [-0.25, -0.2) is 0 Å². The van der Waals surface area contributed by atoms with Crippen molar-refractivity contribution in [3.05, 3.63) is 156 Å². The van der Waals surface area contributed by atoms with Crippen LogP contribution in [-0.2, 0) is 21.7 Å². The molecule has 8 aromatic carbocycles. The highest BCUT2D eigenvalue weighted by Crippen LogP contribution is 2.63. The van der Waals surface area contributed by atoms with Crippen molar-refractivity contribution in [2.45, 2.75) is 153 Å². The Kier molecular flexibility index (Phi) is 8.85. The van der Waals surface area contributed by atoms with Crippen molar-refractivity contribution >= 4 is 55.1 Å². The molecule has 0 N–H and O–H groups in total. The maximum Gasteiger partial charge on any atom is 0.0517 e. The number of hydrogen-bond acceptors (Lipinski definition) is 2. The van der Waals surface area contributed by atoms with E-state index < -0.39 is 0 Å². The summed E-state index contributed by atoms with van der Waals surface area (Å²) in [4.78, 5) is 5.42. The summed E-state index contributed by atoms with van der Waals surface area (Å²) in [5.74, 6) is 0. The van der Waals surface area contributed by atoms with Crippen molar-refractivity contribution in [1.29, 1.82) is 0 Å². The number of rotatable bonds is 4. The first kappa shape index (κ1) is 41.8. The van der Waals surface area contributed by atoms with E-state index in [2.05, 4.69) is 212 Å². The van der Waals surface area contributed by atoms with E-state index in [1.54, 1.807) is 0 Å². The lowest BCUT2D eigenvalue weighted by molar-refractivity contribution is 0.195. The molecule has 4 atom stereocenters. The van der Waals surface area contributed by atoms with Crippen molar-refractivity contribution in [3.8, 4) is 22.3 Å². The normalized spacial score (nSPS) is 25.1. The Morgan fingerprint density at radius 1 is 0.364 bits per heavy atom. The third-order valence-electron chi connectivity index (χ3n) is 18.4. The molecular formula is C64H68N2. The molecule has 2 saturated carbocycles.